The van der Waals surface area contributed by atoms with E-state index in [0.717, 1.165) is 36.0 Å². The number of carbonyl (C=O) groups excluding carboxylic acids is 1. The maximum atomic E-state index is 11.9. The monoisotopic (exact) mass is 390 g/mol. The Morgan fingerprint density at radius 2 is 1.86 bits per heavy atom. The third-order valence-corrected chi connectivity index (χ3v) is 5.53. The Labute approximate surface area is 171 Å². The van der Waals surface area contributed by atoms with Gasteiger partial charge in [0, 0.05) is 18.0 Å². The first-order chi connectivity index (χ1) is 14.2. The van der Waals surface area contributed by atoms with Crippen LogP contribution in [0, 0.1) is 0 Å². The fourth-order valence-corrected chi connectivity index (χ4v) is 3.97. The van der Waals surface area contributed by atoms with Gasteiger partial charge in [-0.3, -0.25) is 14.7 Å². The van der Waals surface area contributed by atoms with Crippen LogP contribution >= 0.6 is 0 Å². The van der Waals surface area contributed by atoms with Crippen molar-refractivity contribution in [2.75, 3.05) is 20.2 Å². The zero-order valence-electron chi connectivity index (χ0n) is 16.7. The fraction of sp³-hybridized carbons (Fsp3) is 0.333. The number of esters is 1. The molecule has 4 rings (SSSR count). The van der Waals surface area contributed by atoms with Gasteiger partial charge in [0.25, 0.3) is 0 Å². The van der Waals surface area contributed by atoms with Gasteiger partial charge in [0.15, 0.2) is 0 Å². The molecule has 5 heteroatoms. The number of carbonyl (C=O) groups is 1. The average molecular weight is 390 g/mol. The summed E-state index contributed by atoms with van der Waals surface area (Å²) in [7, 11) is 1.44. The second-order valence-corrected chi connectivity index (χ2v) is 7.43. The van der Waals surface area contributed by atoms with E-state index in [1.54, 1.807) is 0 Å². The predicted molar refractivity (Wildman–Crippen MR) is 112 cm³/mol. The minimum atomic E-state index is -0.203. The molecular formula is C24H26N2O3. The highest BCUT2D eigenvalue weighted by atomic mass is 16.5. The highest BCUT2D eigenvalue weighted by Gasteiger charge is 2.31. The average Bonchev–Trinajstić information content (AvgIpc) is 2.78. The summed E-state index contributed by atoms with van der Waals surface area (Å²) in [5.74, 6) is -0.203. The van der Waals surface area contributed by atoms with E-state index in [1.165, 1.54) is 12.7 Å². The lowest BCUT2D eigenvalue weighted by atomic mass is 9.93. The van der Waals surface area contributed by atoms with Crippen molar-refractivity contribution in [2.45, 2.75) is 31.6 Å². The van der Waals surface area contributed by atoms with Crippen molar-refractivity contribution >= 4 is 16.9 Å². The Morgan fingerprint density at radius 1 is 1.07 bits per heavy atom. The van der Waals surface area contributed by atoms with Crippen molar-refractivity contribution in [3.8, 4) is 0 Å². The second-order valence-electron chi connectivity index (χ2n) is 7.43. The molecule has 150 valence electrons. The number of para-hydroxylation sites is 1. The standard InChI is InChI=1S/C24H26N2O3/c1-28-24(27)16-26-14-13-21(15-23(26)19-8-3-2-4-9-19)29-17-20-12-11-18-7-5-6-10-22(18)25-20/h2-12,21,23H,13-17H2,1H3. The van der Waals surface area contributed by atoms with Crippen LogP contribution in [-0.4, -0.2) is 42.2 Å². The van der Waals surface area contributed by atoms with E-state index in [2.05, 4.69) is 29.2 Å². The van der Waals surface area contributed by atoms with Crippen LogP contribution in [0.5, 0.6) is 0 Å². The van der Waals surface area contributed by atoms with Gasteiger partial charge in [-0.15, -0.1) is 0 Å². The molecule has 2 heterocycles. The first-order valence-corrected chi connectivity index (χ1v) is 10.0. The molecule has 1 aliphatic rings. The SMILES string of the molecule is COC(=O)CN1CCC(OCc2ccc3ccccc3n2)CC1c1ccccc1. The Morgan fingerprint density at radius 3 is 2.69 bits per heavy atom. The molecule has 1 saturated heterocycles. The zero-order valence-corrected chi connectivity index (χ0v) is 16.7. The smallest absolute Gasteiger partial charge is 0.319 e. The van der Waals surface area contributed by atoms with Crippen LogP contribution < -0.4 is 0 Å². The number of likely N-dealkylation sites (tertiary alicyclic amines) is 1. The number of ether oxygens (including phenoxy) is 2. The van der Waals surface area contributed by atoms with Gasteiger partial charge in [0.1, 0.15) is 0 Å². The molecule has 2 aromatic carbocycles. The number of fused-ring (bicyclic) bond motifs is 1. The maximum absolute atomic E-state index is 11.9. The Kier molecular flexibility index (Phi) is 6.17. The van der Waals surface area contributed by atoms with Gasteiger partial charge >= 0.3 is 5.97 Å². The number of rotatable bonds is 6. The Balaban J connectivity index is 1.43. The minimum absolute atomic E-state index is 0.127. The van der Waals surface area contributed by atoms with Crippen LogP contribution in [0.2, 0.25) is 0 Å². The van der Waals surface area contributed by atoms with Gasteiger partial charge in [-0.1, -0.05) is 54.6 Å². The number of aromatic nitrogens is 1. The number of hydrogen-bond acceptors (Lipinski definition) is 5. The Bertz CT molecular complexity index is 961. The van der Waals surface area contributed by atoms with E-state index in [4.69, 9.17) is 14.5 Å². The van der Waals surface area contributed by atoms with Crippen LogP contribution in [0.3, 0.4) is 0 Å². The third kappa shape index (κ3) is 4.81. The second kappa shape index (κ2) is 9.16. The van der Waals surface area contributed by atoms with E-state index < -0.39 is 0 Å². The van der Waals surface area contributed by atoms with E-state index in [-0.39, 0.29) is 18.1 Å². The maximum Gasteiger partial charge on any atom is 0.319 e. The van der Waals surface area contributed by atoms with Gasteiger partial charge in [-0.05, 0) is 30.5 Å². The largest absolute Gasteiger partial charge is 0.468 e. The molecule has 2 unspecified atom stereocenters. The molecule has 0 bridgehead atoms. The van der Waals surface area contributed by atoms with Gasteiger partial charge < -0.3 is 9.47 Å². The van der Waals surface area contributed by atoms with Crippen molar-refractivity contribution < 1.29 is 14.3 Å². The lowest BCUT2D eigenvalue weighted by Crippen LogP contribution is -2.42. The molecule has 5 nitrogen and oxygen atoms in total. The fourth-order valence-electron chi connectivity index (χ4n) is 3.97. The van der Waals surface area contributed by atoms with E-state index in [1.807, 2.05) is 42.5 Å². The molecule has 0 N–H and O–H groups in total. The molecule has 0 radical (unpaired) electrons. The summed E-state index contributed by atoms with van der Waals surface area (Å²) >= 11 is 0. The summed E-state index contributed by atoms with van der Waals surface area (Å²) < 4.78 is 11.1. The normalized spacial score (nSPS) is 19.9. The highest BCUT2D eigenvalue weighted by molar-refractivity contribution is 5.78. The number of benzene rings is 2. The highest BCUT2D eigenvalue weighted by Crippen LogP contribution is 2.32. The number of hydrogen-bond donors (Lipinski definition) is 0. The van der Waals surface area contributed by atoms with Gasteiger partial charge in [0.2, 0.25) is 0 Å². The molecule has 1 aliphatic heterocycles. The van der Waals surface area contributed by atoms with Crippen LogP contribution in [0.25, 0.3) is 10.9 Å². The Hall–Kier alpha value is -2.76. The molecule has 2 atom stereocenters. The van der Waals surface area contributed by atoms with E-state index in [0.29, 0.717) is 13.2 Å². The lowest BCUT2D eigenvalue weighted by Gasteiger charge is -2.39. The summed E-state index contributed by atoms with van der Waals surface area (Å²) in [5, 5.41) is 1.14. The van der Waals surface area contributed by atoms with Crippen LogP contribution in [0.15, 0.2) is 66.7 Å². The molecule has 29 heavy (non-hydrogen) atoms. The molecular weight excluding hydrogens is 364 g/mol. The van der Waals surface area contributed by atoms with Crippen molar-refractivity contribution in [3.63, 3.8) is 0 Å². The third-order valence-electron chi connectivity index (χ3n) is 5.53. The quantitative estimate of drug-likeness (QED) is 0.593. The van der Waals surface area contributed by atoms with Gasteiger partial charge in [0.05, 0.1) is 37.6 Å². The molecule has 1 aromatic heterocycles. The van der Waals surface area contributed by atoms with Crippen molar-refractivity contribution in [1.29, 1.82) is 0 Å². The first kappa shape index (κ1) is 19.6. The summed E-state index contributed by atoms with van der Waals surface area (Å²) in [5.41, 5.74) is 3.13. The number of pyridine rings is 1. The van der Waals surface area contributed by atoms with Gasteiger partial charge in [-0.2, -0.15) is 0 Å². The summed E-state index contributed by atoms with van der Waals surface area (Å²) in [6.45, 7) is 1.59. The van der Waals surface area contributed by atoms with Crippen LogP contribution in [-0.2, 0) is 20.9 Å². The van der Waals surface area contributed by atoms with Crippen molar-refractivity contribution in [1.82, 2.24) is 9.88 Å². The number of methoxy groups -OCH3 is 1. The minimum Gasteiger partial charge on any atom is -0.468 e. The van der Waals surface area contributed by atoms with Gasteiger partial charge in [-0.25, -0.2) is 0 Å². The molecule has 0 amide bonds. The van der Waals surface area contributed by atoms with Crippen LogP contribution in [0.4, 0.5) is 0 Å². The lowest BCUT2D eigenvalue weighted by molar-refractivity contribution is -0.143. The van der Waals surface area contributed by atoms with Crippen molar-refractivity contribution in [2.24, 2.45) is 0 Å². The predicted octanol–water partition coefficient (Wildman–Crippen LogP) is 4.13. The molecule has 3 aromatic rings. The van der Waals surface area contributed by atoms with Crippen LogP contribution in [0.1, 0.15) is 30.1 Å². The molecule has 1 fully saturated rings. The number of piperidine rings is 1. The summed E-state index contributed by atoms with van der Waals surface area (Å²) in [6.07, 6.45) is 1.85. The summed E-state index contributed by atoms with van der Waals surface area (Å²) in [4.78, 5) is 18.7. The van der Waals surface area contributed by atoms with Crippen molar-refractivity contribution in [3.05, 3.63) is 78.0 Å². The zero-order chi connectivity index (χ0) is 20.1. The summed E-state index contributed by atoms with van der Waals surface area (Å²) in [6, 6.07) is 22.7. The topological polar surface area (TPSA) is 51.7 Å². The molecule has 0 spiro atoms. The molecule has 0 aliphatic carbocycles. The van der Waals surface area contributed by atoms with E-state index >= 15 is 0 Å². The number of nitrogens with zero attached hydrogens (tertiary/aromatic N) is 2. The molecule has 0 saturated carbocycles. The van der Waals surface area contributed by atoms with E-state index in [9.17, 15) is 4.79 Å². The first-order valence-electron chi connectivity index (χ1n) is 10.0.